The molecule has 1 aliphatic rings. The van der Waals surface area contributed by atoms with Crippen molar-refractivity contribution < 1.29 is 34.2 Å². The number of hydrogen-bond acceptors (Lipinski definition) is 5. The maximum atomic E-state index is 12.9. The van der Waals surface area contributed by atoms with E-state index in [0.717, 1.165) is 18.2 Å². The van der Waals surface area contributed by atoms with Gasteiger partial charge in [-0.3, -0.25) is 19.3 Å². The molecule has 0 saturated heterocycles. The number of aromatic carboxylic acids is 2. The minimum absolute atomic E-state index is 0.169. The van der Waals surface area contributed by atoms with E-state index in [4.69, 9.17) is 56.6 Å². The molecule has 2 aromatic carbocycles. The van der Waals surface area contributed by atoms with E-state index in [-0.39, 0.29) is 36.9 Å². The van der Waals surface area contributed by atoms with Crippen molar-refractivity contribution in [3.63, 3.8) is 0 Å². The Hall–Kier alpha value is -2.85. The van der Waals surface area contributed by atoms with Crippen molar-refractivity contribution in [1.29, 1.82) is 0 Å². The fourth-order valence-electron chi connectivity index (χ4n) is 3.03. The molecule has 3 N–H and O–H groups in total. The maximum Gasteiger partial charge on any atom is 0.335 e. The summed E-state index contributed by atoms with van der Waals surface area (Å²) >= 11 is 24.0. The number of carbonyl (C=O) groups excluding carboxylic acids is 3. The van der Waals surface area contributed by atoms with E-state index in [1.165, 1.54) is 6.92 Å². The lowest BCUT2D eigenvalue weighted by Gasteiger charge is -2.22. The summed E-state index contributed by atoms with van der Waals surface area (Å²) in [7, 11) is 0. The molecule has 9 nitrogen and oxygen atoms in total. The molecule has 0 radical (unpaired) electrons. The summed E-state index contributed by atoms with van der Waals surface area (Å²) in [5.41, 5.74) is -1.57. The third-order valence-corrected chi connectivity index (χ3v) is 6.40. The first kappa shape index (κ1) is 23.8. The number of halogens is 4. The first-order valence-electron chi connectivity index (χ1n) is 8.53. The number of carbonyl (C=O) groups is 5. The lowest BCUT2D eigenvalue weighted by molar-refractivity contribution is -0.119. The summed E-state index contributed by atoms with van der Waals surface area (Å²) in [4.78, 5) is 61.5. The first-order valence-corrected chi connectivity index (χ1v) is 10.0. The Kier molecular flexibility index (Phi) is 6.39. The Morgan fingerprint density at radius 1 is 0.812 bits per heavy atom. The highest BCUT2D eigenvalue weighted by Crippen LogP contribution is 2.45. The number of imide groups is 1. The van der Waals surface area contributed by atoms with Gasteiger partial charge in [0.2, 0.25) is 5.91 Å². The quantitative estimate of drug-likeness (QED) is 0.303. The summed E-state index contributed by atoms with van der Waals surface area (Å²) in [5, 5.41) is 19.5. The fraction of sp³-hybridized carbons (Fsp3) is 0.105. The van der Waals surface area contributed by atoms with Crippen molar-refractivity contribution in [3.8, 4) is 0 Å². The smallest absolute Gasteiger partial charge is 0.335 e. The number of carboxylic acids is 2. The molecule has 1 aliphatic heterocycles. The van der Waals surface area contributed by atoms with Crippen LogP contribution in [0.25, 0.3) is 0 Å². The number of hydrogen-bond donors (Lipinski definition) is 3. The average Bonchev–Trinajstić information content (AvgIpc) is 2.99. The predicted molar refractivity (Wildman–Crippen MR) is 115 cm³/mol. The first-order chi connectivity index (χ1) is 14.9. The third kappa shape index (κ3) is 3.88. The Balaban J connectivity index is 1.95. The molecule has 0 aromatic heterocycles. The zero-order chi connectivity index (χ0) is 24.1. The Morgan fingerprint density at radius 2 is 1.22 bits per heavy atom. The molecule has 1 atom stereocenters. The lowest BCUT2D eigenvalue weighted by atomic mass is 10.1. The molecule has 0 fully saturated rings. The summed E-state index contributed by atoms with van der Waals surface area (Å²) in [6, 6.07) is 1.53. The number of fused-ring (bicyclic) bond motifs is 1. The Bertz CT molecular complexity index is 1170. The average molecular weight is 520 g/mol. The maximum absolute atomic E-state index is 12.9. The molecule has 0 aliphatic carbocycles. The van der Waals surface area contributed by atoms with Crippen molar-refractivity contribution in [2.24, 2.45) is 0 Å². The van der Waals surface area contributed by atoms with Crippen LogP contribution in [0.5, 0.6) is 0 Å². The van der Waals surface area contributed by atoms with E-state index in [2.05, 4.69) is 5.32 Å². The standard InChI is InChI=1S/C19H10Cl4N2O7/c1-5(15(26)24-8-3-6(18(29)30)2-7(4-8)19(31)32)25-16(27)9-10(17(25)28)12(21)14(23)13(22)11(9)20/h2-5H,1H3,(H,24,26)(H,29,30)(H,31,32). The second kappa shape index (κ2) is 8.59. The van der Waals surface area contributed by atoms with Gasteiger partial charge in [0.25, 0.3) is 11.8 Å². The summed E-state index contributed by atoms with van der Waals surface area (Å²) < 4.78 is 0. The monoisotopic (exact) mass is 518 g/mol. The van der Waals surface area contributed by atoms with Crippen molar-refractivity contribution in [1.82, 2.24) is 4.90 Å². The summed E-state index contributed by atoms with van der Waals surface area (Å²) in [6.07, 6.45) is 0. The van der Waals surface area contributed by atoms with Gasteiger partial charge in [-0.15, -0.1) is 0 Å². The summed E-state index contributed by atoms with van der Waals surface area (Å²) in [6.45, 7) is 1.22. The minimum atomic E-state index is -1.42. The number of nitrogens with zero attached hydrogens (tertiary/aromatic N) is 1. The van der Waals surface area contributed by atoms with Crippen LogP contribution in [-0.4, -0.2) is 50.8 Å². The molecule has 3 rings (SSSR count). The fourth-order valence-corrected chi connectivity index (χ4v) is 4.04. The van der Waals surface area contributed by atoms with Gasteiger partial charge in [-0.05, 0) is 25.1 Å². The predicted octanol–water partition coefficient (Wildman–Crippen LogP) is 4.32. The van der Waals surface area contributed by atoms with Crippen molar-refractivity contribution >= 4 is 81.8 Å². The molecule has 166 valence electrons. The lowest BCUT2D eigenvalue weighted by Crippen LogP contribution is -2.45. The van der Waals surface area contributed by atoms with Crippen LogP contribution in [0.3, 0.4) is 0 Å². The SMILES string of the molecule is CC(C(=O)Nc1cc(C(=O)O)cc(C(=O)O)c1)N1C(=O)c2c(Cl)c(Cl)c(Cl)c(Cl)c2C1=O. The molecule has 0 spiro atoms. The molecule has 1 unspecified atom stereocenters. The Labute approximate surface area is 199 Å². The van der Waals surface area contributed by atoms with E-state index in [9.17, 15) is 24.0 Å². The zero-order valence-electron chi connectivity index (χ0n) is 15.7. The summed E-state index contributed by atoms with van der Waals surface area (Å²) in [5.74, 6) is -5.64. The molecule has 13 heteroatoms. The van der Waals surface area contributed by atoms with Crippen molar-refractivity contribution in [2.75, 3.05) is 5.32 Å². The normalized spacial score (nSPS) is 13.7. The van der Waals surface area contributed by atoms with Gasteiger partial charge >= 0.3 is 11.9 Å². The topological polar surface area (TPSA) is 141 Å². The van der Waals surface area contributed by atoms with E-state index >= 15 is 0 Å². The molecule has 0 bridgehead atoms. The molecule has 32 heavy (non-hydrogen) atoms. The molecular weight excluding hydrogens is 510 g/mol. The number of rotatable bonds is 5. The second-order valence-electron chi connectivity index (χ2n) is 6.56. The van der Waals surface area contributed by atoms with E-state index in [0.29, 0.717) is 4.90 Å². The second-order valence-corrected chi connectivity index (χ2v) is 8.07. The largest absolute Gasteiger partial charge is 0.478 e. The zero-order valence-corrected chi connectivity index (χ0v) is 18.7. The van der Waals surface area contributed by atoms with Gasteiger partial charge in [0, 0.05) is 5.69 Å². The van der Waals surface area contributed by atoms with Crippen LogP contribution in [0.15, 0.2) is 18.2 Å². The van der Waals surface area contributed by atoms with Crippen LogP contribution >= 0.6 is 46.4 Å². The van der Waals surface area contributed by atoms with Crippen molar-refractivity contribution in [3.05, 3.63) is 60.5 Å². The molecule has 3 amide bonds. The highest BCUT2D eigenvalue weighted by Gasteiger charge is 2.45. The number of anilines is 1. The van der Waals surface area contributed by atoms with Gasteiger partial charge in [0.1, 0.15) is 6.04 Å². The van der Waals surface area contributed by atoms with Gasteiger partial charge in [-0.25, -0.2) is 9.59 Å². The highest BCUT2D eigenvalue weighted by atomic mass is 35.5. The van der Waals surface area contributed by atoms with Crippen LogP contribution in [0.4, 0.5) is 5.69 Å². The molecular formula is C19H10Cl4N2O7. The minimum Gasteiger partial charge on any atom is -0.478 e. The Morgan fingerprint density at radius 3 is 1.59 bits per heavy atom. The van der Waals surface area contributed by atoms with Gasteiger partial charge in [0.15, 0.2) is 0 Å². The van der Waals surface area contributed by atoms with Crippen LogP contribution < -0.4 is 5.32 Å². The van der Waals surface area contributed by atoms with E-state index in [1.54, 1.807) is 0 Å². The van der Waals surface area contributed by atoms with Crippen LogP contribution in [-0.2, 0) is 4.79 Å². The highest BCUT2D eigenvalue weighted by molar-refractivity contribution is 6.55. The van der Waals surface area contributed by atoms with Gasteiger partial charge < -0.3 is 15.5 Å². The van der Waals surface area contributed by atoms with Crippen LogP contribution in [0, 0.1) is 0 Å². The van der Waals surface area contributed by atoms with Gasteiger partial charge in [-0.1, -0.05) is 46.4 Å². The van der Waals surface area contributed by atoms with Crippen molar-refractivity contribution in [2.45, 2.75) is 13.0 Å². The third-order valence-electron chi connectivity index (χ3n) is 4.59. The number of amides is 3. The molecule has 1 heterocycles. The molecule has 0 saturated carbocycles. The van der Waals surface area contributed by atoms with Gasteiger partial charge in [0.05, 0.1) is 42.3 Å². The number of nitrogens with one attached hydrogen (secondary N) is 1. The van der Waals surface area contributed by atoms with Crippen LogP contribution in [0.2, 0.25) is 20.1 Å². The van der Waals surface area contributed by atoms with E-state index < -0.39 is 46.8 Å². The van der Waals surface area contributed by atoms with Crippen LogP contribution in [0.1, 0.15) is 48.4 Å². The molecule has 2 aromatic rings. The number of benzene rings is 2. The van der Waals surface area contributed by atoms with E-state index in [1.807, 2.05) is 0 Å². The van der Waals surface area contributed by atoms with Gasteiger partial charge in [-0.2, -0.15) is 0 Å². The number of carboxylic acid groups (broad SMARTS) is 2.